The zero-order valence-corrected chi connectivity index (χ0v) is 17.0. The summed E-state index contributed by atoms with van der Waals surface area (Å²) in [6.45, 7) is 0.616. The molecule has 0 spiro atoms. The lowest BCUT2D eigenvalue weighted by molar-refractivity contribution is -0.122. The topological polar surface area (TPSA) is 38.3 Å². The Labute approximate surface area is 168 Å². The number of hydrogen-bond donors (Lipinski definition) is 1. The molecule has 2 aromatic rings. The molecular weight excluding hydrogens is 414 g/mol. The molecule has 1 aliphatic carbocycles. The van der Waals surface area contributed by atoms with Gasteiger partial charge in [-0.15, -0.1) is 0 Å². The summed E-state index contributed by atoms with van der Waals surface area (Å²) in [5.74, 6) is 0.862. The molecule has 3 rings (SSSR count). The normalized spacial score (nSPS) is 16.1. The molecule has 0 heterocycles. The smallest absolute Gasteiger partial charge is 0.235 e. The van der Waals surface area contributed by atoms with E-state index in [1.165, 1.54) is 6.42 Å². The number of nitrogens with one attached hydrogen (secondary N) is 1. The van der Waals surface area contributed by atoms with Crippen LogP contribution in [0.15, 0.2) is 48.5 Å². The first-order chi connectivity index (χ1) is 12.6. The quantitative estimate of drug-likeness (QED) is 0.568. The molecule has 26 heavy (non-hydrogen) atoms. The monoisotopic (exact) mass is 435 g/mol. The molecule has 0 radical (unpaired) electrons. The minimum absolute atomic E-state index is 0.0636. The Bertz CT molecular complexity index is 725. The average molecular weight is 437 g/mol. The molecule has 1 saturated carbocycles. The third-order valence-corrected chi connectivity index (χ3v) is 5.57. The van der Waals surface area contributed by atoms with Crippen LogP contribution in [0, 0.1) is 0 Å². The van der Waals surface area contributed by atoms with E-state index in [2.05, 4.69) is 21.2 Å². The first kappa shape index (κ1) is 19.2. The molecule has 0 aliphatic heterocycles. The van der Waals surface area contributed by atoms with Crippen LogP contribution in [0.25, 0.3) is 0 Å². The Kier molecular flexibility index (Phi) is 6.60. The third kappa shape index (κ3) is 4.41. The predicted octanol–water partition coefficient (Wildman–Crippen LogP) is 5.95. The maximum absolute atomic E-state index is 13.3. The number of anilines is 1. The highest BCUT2D eigenvalue weighted by molar-refractivity contribution is 9.09. The van der Waals surface area contributed by atoms with Gasteiger partial charge in [-0.2, -0.15) is 0 Å². The van der Waals surface area contributed by atoms with E-state index in [-0.39, 0.29) is 5.91 Å². The van der Waals surface area contributed by atoms with Gasteiger partial charge in [0, 0.05) is 16.0 Å². The number of carbonyl (C=O) groups is 1. The Hall–Kier alpha value is -1.52. The summed E-state index contributed by atoms with van der Waals surface area (Å²) in [6, 6.07) is 15.3. The van der Waals surface area contributed by atoms with Crippen LogP contribution >= 0.6 is 27.5 Å². The lowest BCUT2D eigenvalue weighted by atomic mass is 9.68. The number of ether oxygens (including phenoxy) is 1. The van der Waals surface area contributed by atoms with E-state index in [9.17, 15) is 4.79 Å². The van der Waals surface area contributed by atoms with Crippen molar-refractivity contribution < 1.29 is 9.53 Å². The van der Waals surface area contributed by atoms with Crippen LogP contribution in [0.2, 0.25) is 5.02 Å². The summed E-state index contributed by atoms with van der Waals surface area (Å²) in [7, 11) is 0. The van der Waals surface area contributed by atoms with E-state index < -0.39 is 5.41 Å². The maximum Gasteiger partial charge on any atom is 0.235 e. The second-order valence-corrected chi connectivity index (χ2v) is 7.90. The highest BCUT2D eigenvalue weighted by Gasteiger charge is 2.41. The average Bonchev–Trinajstić information content (AvgIpc) is 2.68. The van der Waals surface area contributed by atoms with E-state index in [4.69, 9.17) is 16.3 Å². The SMILES string of the molecule is O=C(Nc1ccc(OCCBr)cc1)C1(c2ccc(Cl)cc2)CCCCC1. The fourth-order valence-corrected chi connectivity index (χ4v) is 3.90. The molecule has 0 atom stereocenters. The van der Waals surface area contributed by atoms with Gasteiger partial charge in [0.05, 0.1) is 12.0 Å². The maximum atomic E-state index is 13.3. The molecule has 138 valence electrons. The molecule has 1 fully saturated rings. The first-order valence-electron chi connectivity index (χ1n) is 9.00. The van der Waals surface area contributed by atoms with Crippen molar-refractivity contribution in [2.24, 2.45) is 0 Å². The van der Waals surface area contributed by atoms with Gasteiger partial charge in [-0.3, -0.25) is 4.79 Å². The second-order valence-electron chi connectivity index (χ2n) is 6.67. The van der Waals surface area contributed by atoms with Crippen LogP contribution in [0.3, 0.4) is 0 Å². The van der Waals surface area contributed by atoms with Gasteiger partial charge < -0.3 is 10.1 Å². The zero-order chi connectivity index (χ0) is 18.4. The van der Waals surface area contributed by atoms with Crippen molar-refractivity contribution in [3.05, 3.63) is 59.1 Å². The lowest BCUT2D eigenvalue weighted by Crippen LogP contribution is -2.42. The standard InChI is InChI=1S/C21H23BrClNO2/c22-14-15-26-19-10-8-18(9-11-19)24-20(25)21(12-2-1-3-13-21)16-4-6-17(23)7-5-16/h4-11H,1-3,12-15H2,(H,24,25). The molecule has 3 nitrogen and oxygen atoms in total. The van der Waals surface area contributed by atoms with Gasteiger partial charge in [-0.1, -0.05) is 58.9 Å². The van der Waals surface area contributed by atoms with Gasteiger partial charge in [0.2, 0.25) is 5.91 Å². The summed E-state index contributed by atoms with van der Waals surface area (Å²) in [6.07, 6.45) is 5.05. The van der Waals surface area contributed by atoms with Crippen molar-refractivity contribution in [2.75, 3.05) is 17.3 Å². The summed E-state index contributed by atoms with van der Waals surface area (Å²) in [5, 5.41) is 4.59. The molecule has 1 N–H and O–H groups in total. The Balaban J connectivity index is 1.78. The highest BCUT2D eigenvalue weighted by atomic mass is 79.9. The highest BCUT2D eigenvalue weighted by Crippen LogP contribution is 2.41. The van der Waals surface area contributed by atoms with Gasteiger partial charge in [-0.25, -0.2) is 0 Å². The molecule has 2 aromatic carbocycles. The van der Waals surface area contributed by atoms with Crippen LogP contribution in [0.5, 0.6) is 5.75 Å². The van der Waals surface area contributed by atoms with Crippen LogP contribution < -0.4 is 10.1 Å². The molecule has 1 amide bonds. The van der Waals surface area contributed by atoms with Gasteiger partial charge in [0.1, 0.15) is 5.75 Å². The Morgan fingerprint density at radius 1 is 1.04 bits per heavy atom. The number of benzene rings is 2. The summed E-state index contributed by atoms with van der Waals surface area (Å²) in [4.78, 5) is 13.3. The minimum Gasteiger partial charge on any atom is -0.493 e. The van der Waals surface area contributed by atoms with Crippen molar-refractivity contribution in [1.82, 2.24) is 0 Å². The Morgan fingerprint density at radius 2 is 1.69 bits per heavy atom. The van der Waals surface area contributed by atoms with Gasteiger partial charge >= 0.3 is 0 Å². The number of carbonyl (C=O) groups excluding carboxylic acids is 1. The lowest BCUT2D eigenvalue weighted by Gasteiger charge is -2.36. The number of amides is 1. The molecule has 0 saturated heterocycles. The van der Waals surface area contributed by atoms with Crippen molar-refractivity contribution in [3.8, 4) is 5.75 Å². The van der Waals surface area contributed by atoms with E-state index in [0.29, 0.717) is 11.6 Å². The molecule has 0 aromatic heterocycles. The summed E-state index contributed by atoms with van der Waals surface area (Å²) < 4.78 is 5.56. The third-order valence-electron chi connectivity index (χ3n) is 5.00. The van der Waals surface area contributed by atoms with Crippen molar-refractivity contribution >= 4 is 39.1 Å². The zero-order valence-electron chi connectivity index (χ0n) is 14.6. The van der Waals surface area contributed by atoms with Gasteiger partial charge in [0.15, 0.2) is 0 Å². The number of halogens is 2. The fourth-order valence-electron chi connectivity index (χ4n) is 3.61. The molecule has 1 aliphatic rings. The number of alkyl halides is 1. The number of hydrogen-bond acceptors (Lipinski definition) is 2. The van der Waals surface area contributed by atoms with Crippen molar-refractivity contribution in [1.29, 1.82) is 0 Å². The summed E-state index contributed by atoms with van der Waals surface area (Å²) >= 11 is 9.38. The molecule has 5 heteroatoms. The molecular formula is C21H23BrClNO2. The van der Waals surface area contributed by atoms with E-state index >= 15 is 0 Å². The minimum atomic E-state index is -0.478. The van der Waals surface area contributed by atoms with E-state index in [1.807, 2.05) is 48.5 Å². The van der Waals surface area contributed by atoms with Crippen molar-refractivity contribution in [2.45, 2.75) is 37.5 Å². The van der Waals surface area contributed by atoms with E-state index in [0.717, 1.165) is 48.0 Å². The van der Waals surface area contributed by atoms with Crippen molar-refractivity contribution in [3.63, 3.8) is 0 Å². The van der Waals surface area contributed by atoms with Crippen LogP contribution in [-0.2, 0) is 10.2 Å². The largest absolute Gasteiger partial charge is 0.493 e. The van der Waals surface area contributed by atoms with Crippen LogP contribution in [0.1, 0.15) is 37.7 Å². The first-order valence-corrected chi connectivity index (χ1v) is 10.5. The van der Waals surface area contributed by atoms with Crippen LogP contribution in [0.4, 0.5) is 5.69 Å². The second kappa shape index (κ2) is 8.92. The van der Waals surface area contributed by atoms with E-state index in [1.54, 1.807) is 0 Å². The molecule has 0 bridgehead atoms. The van der Waals surface area contributed by atoms with Gasteiger partial charge in [-0.05, 0) is 54.8 Å². The number of rotatable bonds is 6. The Morgan fingerprint density at radius 3 is 2.31 bits per heavy atom. The van der Waals surface area contributed by atoms with Gasteiger partial charge in [0.25, 0.3) is 0 Å². The predicted molar refractivity (Wildman–Crippen MR) is 111 cm³/mol. The molecule has 0 unspecified atom stereocenters. The fraction of sp³-hybridized carbons (Fsp3) is 0.381. The van der Waals surface area contributed by atoms with Crippen LogP contribution in [-0.4, -0.2) is 17.8 Å². The summed E-state index contributed by atoms with van der Waals surface area (Å²) in [5.41, 5.74) is 1.37.